The van der Waals surface area contributed by atoms with E-state index in [1.807, 2.05) is 37.9 Å². The molecule has 6 aliphatic heterocycles. The zero-order chi connectivity index (χ0) is 25.8. The number of carbonyl (C=O) groups is 3. The Morgan fingerprint density at radius 3 is 2.58 bits per heavy atom. The molecule has 1 saturated carbocycles. The summed E-state index contributed by atoms with van der Waals surface area (Å²) in [5.74, 6) is 0.481. The minimum Gasteiger partial charge on any atom is -0.632 e. The Morgan fingerprint density at radius 1 is 1.14 bits per heavy atom. The third-order valence-electron chi connectivity index (χ3n) is 11.2. The number of rotatable bonds is 0. The lowest BCUT2D eigenvalue weighted by atomic mass is 9.57. The number of anilines is 1. The summed E-state index contributed by atoms with van der Waals surface area (Å²) in [5.41, 5.74) is -1.91. The fourth-order valence-corrected chi connectivity index (χ4v) is 9.84. The van der Waals surface area contributed by atoms with Crippen LogP contribution in [0.1, 0.15) is 76.2 Å². The molecule has 5 fully saturated rings. The van der Waals surface area contributed by atoms with Gasteiger partial charge in [-0.3, -0.25) is 14.4 Å². The van der Waals surface area contributed by atoms with Gasteiger partial charge in [-0.15, -0.1) is 0 Å². The molecule has 8 heteroatoms. The summed E-state index contributed by atoms with van der Waals surface area (Å²) in [4.78, 5) is 43.1. The second-order valence-electron chi connectivity index (χ2n) is 13.9. The normalized spacial score (nSPS) is 44.8. The molecule has 1 aromatic rings. The number of likely N-dealkylation sites (N-methyl/N-ethyl adjacent to an activating group) is 1. The highest BCUT2D eigenvalue weighted by atomic mass is 16.6. The molecule has 192 valence electrons. The summed E-state index contributed by atoms with van der Waals surface area (Å²) < 4.78 is 5.67. The Labute approximate surface area is 211 Å². The third kappa shape index (κ3) is 2.13. The molecule has 1 N–H and O–H groups in total. The molecule has 6 atom stereocenters. The number of hydrogen-bond donors (Lipinski definition) is 1. The van der Waals surface area contributed by atoms with E-state index in [4.69, 9.17) is 4.74 Å². The number of hydrogen-bond acceptors (Lipinski definition) is 5. The zero-order valence-corrected chi connectivity index (χ0v) is 22.0. The highest BCUT2D eigenvalue weighted by Crippen LogP contribution is 2.73. The molecule has 1 unspecified atom stereocenters. The van der Waals surface area contributed by atoms with Crippen LogP contribution in [0.2, 0.25) is 0 Å². The molecule has 8 rings (SSSR count). The number of fused-ring (bicyclic) bond motifs is 5. The van der Waals surface area contributed by atoms with Crippen LogP contribution < -0.4 is 10.1 Å². The first-order valence-electron chi connectivity index (χ1n) is 13.2. The van der Waals surface area contributed by atoms with Gasteiger partial charge >= 0.3 is 0 Å². The molecule has 7 aliphatic rings. The number of hydroxylamine groups is 3. The molecule has 2 bridgehead atoms. The molecule has 2 amide bonds. The number of quaternary nitrogens is 1. The predicted octanol–water partition coefficient (Wildman–Crippen LogP) is 3.37. The van der Waals surface area contributed by atoms with Crippen LogP contribution in [0.3, 0.4) is 0 Å². The van der Waals surface area contributed by atoms with Gasteiger partial charge in [-0.05, 0) is 37.3 Å². The minimum absolute atomic E-state index is 0.00295. The fraction of sp³-hybridized carbons (Fsp3) is 0.679. The summed E-state index contributed by atoms with van der Waals surface area (Å²) in [6.07, 6.45) is 1.75. The monoisotopic (exact) mass is 493 g/mol. The van der Waals surface area contributed by atoms with E-state index in [0.29, 0.717) is 49.4 Å². The molecule has 4 saturated heterocycles. The first-order valence-corrected chi connectivity index (χ1v) is 13.2. The predicted molar refractivity (Wildman–Crippen MR) is 132 cm³/mol. The van der Waals surface area contributed by atoms with Crippen molar-refractivity contribution in [2.75, 3.05) is 25.5 Å². The summed E-state index contributed by atoms with van der Waals surface area (Å²) in [6, 6.07) is 3.77. The maximum Gasteiger partial charge on any atom is 0.284 e. The largest absolute Gasteiger partial charge is 0.632 e. The molecular formula is C28H35N3O5. The maximum atomic E-state index is 14.3. The number of amides is 2. The van der Waals surface area contributed by atoms with Crippen molar-refractivity contribution in [3.63, 3.8) is 0 Å². The van der Waals surface area contributed by atoms with Crippen molar-refractivity contribution in [1.29, 1.82) is 0 Å². The standard InChI is InChI=1S/C28H35N3O5/c1-15-9-27-11-19-25(4,5)28(13-26(19,30(6)23(27)34)14-31(27,35)12-15)16-7-8-18-20(21(16)29-22(28)33)17(32)10-24(2,3)36-18/h7-8,15,19H,9-14H2,1-6H3,(H,29,33)/t15-,19+,26-,27+,28-,31?/m1/s1. The number of benzene rings is 1. The van der Waals surface area contributed by atoms with Gasteiger partial charge in [-0.25, -0.2) is 0 Å². The van der Waals surface area contributed by atoms with Crippen LogP contribution in [0.15, 0.2) is 12.1 Å². The molecular weight excluding hydrogens is 458 g/mol. The van der Waals surface area contributed by atoms with Gasteiger partial charge in [0.15, 0.2) is 11.3 Å². The highest BCUT2D eigenvalue weighted by Gasteiger charge is 2.83. The summed E-state index contributed by atoms with van der Waals surface area (Å²) >= 11 is 0. The molecule has 0 radical (unpaired) electrons. The van der Waals surface area contributed by atoms with Gasteiger partial charge < -0.3 is 24.8 Å². The molecule has 8 nitrogen and oxygen atoms in total. The van der Waals surface area contributed by atoms with Crippen molar-refractivity contribution in [2.45, 2.75) is 82.4 Å². The average molecular weight is 494 g/mol. The lowest BCUT2D eigenvalue weighted by Crippen LogP contribution is -2.83. The van der Waals surface area contributed by atoms with Crippen LogP contribution >= 0.6 is 0 Å². The summed E-state index contributed by atoms with van der Waals surface area (Å²) in [5, 5.41) is 17.4. The highest BCUT2D eigenvalue weighted by molar-refractivity contribution is 6.15. The van der Waals surface area contributed by atoms with Crippen LogP contribution in [0.4, 0.5) is 5.69 Å². The first kappa shape index (κ1) is 22.7. The molecule has 1 aliphatic carbocycles. The topological polar surface area (TPSA) is 98.8 Å². The number of piperidine rings is 2. The number of Topliss-reactive ketones (excluding diaryl/α,β-unsaturated/α-hetero) is 1. The van der Waals surface area contributed by atoms with Gasteiger partial charge in [0.1, 0.15) is 17.9 Å². The van der Waals surface area contributed by atoms with Crippen LogP contribution in [-0.2, 0) is 15.0 Å². The number of ether oxygens (including phenoxy) is 1. The van der Waals surface area contributed by atoms with Gasteiger partial charge in [-0.2, -0.15) is 0 Å². The van der Waals surface area contributed by atoms with E-state index in [2.05, 4.69) is 26.1 Å². The number of carbonyl (C=O) groups excluding carboxylic acids is 3. The van der Waals surface area contributed by atoms with E-state index >= 15 is 0 Å². The van der Waals surface area contributed by atoms with E-state index in [1.165, 1.54) is 0 Å². The van der Waals surface area contributed by atoms with E-state index in [-0.39, 0.29) is 35.9 Å². The Balaban J connectivity index is 1.43. The lowest BCUT2D eigenvalue weighted by Gasteiger charge is -2.69. The molecule has 6 heterocycles. The number of nitrogens with one attached hydrogen (secondary N) is 1. The minimum atomic E-state index is -0.952. The number of ketones is 1. The SMILES string of the molecule is C[C@@H]1C[C@@]23C[C@H]4C(C)(C)[C@@]5(C[C@]4(C[N+]2([O-])C1)N(C)C3=O)C(=O)Nc1c5ccc2c1C(=O)CC(C)(C)O2. The van der Waals surface area contributed by atoms with E-state index in [1.54, 1.807) is 0 Å². The Hall–Kier alpha value is -2.45. The van der Waals surface area contributed by atoms with E-state index < -0.39 is 32.2 Å². The Morgan fingerprint density at radius 2 is 1.86 bits per heavy atom. The maximum absolute atomic E-state index is 14.3. The van der Waals surface area contributed by atoms with Crippen molar-refractivity contribution < 1.29 is 23.8 Å². The van der Waals surface area contributed by atoms with Gasteiger partial charge in [-0.1, -0.05) is 26.8 Å². The molecule has 3 spiro atoms. The number of piperazine rings is 1. The number of nitrogens with zero attached hydrogens (tertiary/aromatic N) is 2. The molecule has 0 aromatic heterocycles. The van der Waals surface area contributed by atoms with Crippen molar-refractivity contribution >= 4 is 23.3 Å². The average Bonchev–Trinajstić information content (AvgIpc) is 3.26. The van der Waals surface area contributed by atoms with Crippen molar-refractivity contribution in [3.8, 4) is 5.75 Å². The second-order valence-corrected chi connectivity index (χ2v) is 13.9. The summed E-state index contributed by atoms with van der Waals surface area (Å²) in [6.45, 7) is 10.9. The van der Waals surface area contributed by atoms with Gasteiger partial charge in [0.2, 0.25) is 5.91 Å². The van der Waals surface area contributed by atoms with Crippen molar-refractivity contribution in [1.82, 2.24) is 4.90 Å². The quantitative estimate of drug-likeness (QED) is 0.441. The van der Waals surface area contributed by atoms with E-state index in [0.717, 1.165) is 5.56 Å². The Kier molecular flexibility index (Phi) is 3.78. The van der Waals surface area contributed by atoms with Crippen molar-refractivity contribution in [2.24, 2.45) is 17.3 Å². The van der Waals surface area contributed by atoms with Gasteiger partial charge in [0.05, 0.1) is 35.2 Å². The van der Waals surface area contributed by atoms with Crippen molar-refractivity contribution in [3.05, 3.63) is 28.5 Å². The van der Waals surface area contributed by atoms with Crippen LogP contribution in [-0.4, -0.2) is 64.0 Å². The second kappa shape index (κ2) is 5.99. The summed E-state index contributed by atoms with van der Waals surface area (Å²) in [7, 11) is 1.85. The zero-order valence-electron chi connectivity index (χ0n) is 22.0. The third-order valence-corrected chi connectivity index (χ3v) is 11.2. The smallest absolute Gasteiger partial charge is 0.284 e. The van der Waals surface area contributed by atoms with Gasteiger partial charge in [0, 0.05) is 31.7 Å². The molecule has 1 aromatic carbocycles. The lowest BCUT2D eigenvalue weighted by molar-refractivity contribution is -0.927. The van der Waals surface area contributed by atoms with Crippen LogP contribution in [0.25, 0.3) is 0 Å². The first-order chi connectivity index (χ1) is 16.6. The fourth-order valence-electron chi connectivity index (χ4n) is 9.84. The Bertz CT molecular complexity index is 1300. The molecule has 36 heavy (non-hydrogen) atoms. The van der Waals surface area contributed by atoms with Gasteiger partial charge in [0.25, 0.3) is 5.91 Å². The van der Waals surface area contributed by atoms with Crippen LogP contribution in [0, 0.1) is 22.5 Å². The van der Waals surface area contributed by atoms with Crippen LogP contribution in [0.5, 0.6) is 5.75 Å². The van der Waals surface area contributed by atoms with E-state index in [9.17, 15) is 19.6 Å².